The van der Waals surface area contributed by atoms with E-state index in [9.17, 15) is 15.0 Å². The van der Waals surface area contributed by atoms with Gasteiger partial charge in [-0.1, -0.05) is 11.6 Å². The summed E-state index contributed by atoms with van der Waals surface area (Å²) in [4.78, 5) is 16.4. The maximum Gasteiger partial charge on any atom is 0.533 e. The third-order valence-corrected chi connectivity index (χ3v) is 4.73. The second kappa shape index (κ2) is 5.94. The molecule has 0 amide bonds. The lowest BCUT2D eigenvalue weighted by Gasteiger charge is -2.07. The first-order valence-corrected chi connectivity index (χ1v) is 7.66. The first-order valence-electron chi connectivity index (χ1n) is 7.66. The average molecular weight is 307 g/mol. The number of ether oxygens (including phenoxy) is 1. The van der Waals surface area contributed by atoms with E-state index in [1.807, 2.05) is 0 Å². The van der Waals surface area contributed by atoms with E-state index >= 15 is 0 Å². The van der Waals surface area contributed by atoms with E-state index in [1.165, 1.54) is 17.7 Å². The molecule has 1 aromatic heterocycles. The summed E-state index contributed by atoms with van der Waals surface area (Å²) >= 11 is 0. The normalized spacial score (nSPS) is 27.1. The summed E-state index contributed by atoms with van der Waals surface area (Å²) in [5.74, 6) is 0.946. The number of carbonyl (C=O) groups excluding carboxylic acids is 1. The number of nitrogens with zero attached hydrogens (tertiary/aromatic N) is 1. The third-order valence-electron chi connectivity index (χ3n) is 4.73. The predicted octanol–water partition coefficient (Wildman–Crippen LogP) is 2.85. The van der Waals surface area contributed by atoms with E-state index in [4.69, 9.17) is 9.57 Å². The number of fused-ring (bicyclic) bond motifs is 1. The lowest BCUT2D eigenvalue weighted by Crippen LogP contribution is -2.21. The minimum absolute atomic E-state index is 0.329. The minimum atomic E-state index is -0.921. The van der Waals surface area contributed by atoms with Crippen LogP contribution in [0.5, 0.6) is 11.8 Å². The van der Waals surface area contributed by atoms with Gasteiger partial charge in [-0.15, -0.1) is 4.73 Å². The molecule has 120 valence electrons. The molecule has 3 rings (SSSR count). The van der Waals surface area contributed by atoms with Crippen LogP contribution in [0.2, 0.25) is 0 Å². The van der Waals surface area contributed by atoms with Gasteiger partial charge in [-0.2, -0.15) is 0 Å². The van der Waals surface area contributed by atoms with Gasteiger partial charge in [-0.3, -0.25) is 4.84 Å². The van der Waals surface area contributed by atoms with Crippen LogP contribution in [-0.2, 0) is 4.74 Å². The lowest BCUT2D eigenvalue weighted by molar-refractivity contribution is 0.0315. The van der Waals surface area contributed by atoms with Crippen LogP contribution < -0.4 is 4.84 Å². The molecule has 1 aromatic rings. The third kappa shape index (κ3) is 3.05. The van der Waals surface area contributed by atoms with Crippen molar-refractivity contribution < 1.29 is 24.6 Å². The van der Waals surface area contributed by atoms with Crippen LogP contribution in [0.25, 0.3) is 0 Å². The number of aromatic hydroxyl groups is 2. The zero-order valence-electron chi connectivity index (χ0n) is 12.6. The molecular weight excluding hydrogens is 286 g/mol. The molecule has 1 fully saturated rings. The molecule has 6 nitrogen and oxygen atoms in total. The molecule has 1 saturated carbocycles. The van der Waals surface area contributed by atoms with Crippen molar-refractivity contribution in [2.45, 2.75) is 32.6 Å². The van der Waals surface area contributed by atoms with Gasteiger partial charge in [0.05, 0.1) is 6.61 Å². The Morgan fingerprint density at radius 2 is 1.95 bits per heavy atom. The zero-order chi connectivity index (χ0) is 15.7. The fourth-order valence-corrected chi connectivity index (χ4v) is 3.41. The lowest BCUT2D eigenvalue weighted by atomic mass is 10.0. The Labute approximate surface area is 128 Å². The van der Waals surface area contributed by atoms with E-state index in [1.54, 1.807) is 0 Å². The van der Waals surface area contributed by atoms with Crippen LogP contribution in [0.3, 0.4) is 0 Å². The summed E-state index contributed by atoms with van der Waals surface area (Å²) in [6.45, 7) is 2.50. The molecule has 2 N–H and O–H groups in total. The van der Waals surface area contributed by atoms with Crippen molar-refractivity contribution in [1.82, 2.24) is 4.73 Å². The van der Waals surface area contributed by atoms with Gasteiger partial charge in [-0.25, -0.2) is 4.79 Å². The van der Waals surface area contributed by atoms with Crippen molar-refractivity contribution in [1.29, 1.82) is 0 Å². The maximum absolute atomic E-state index is 11.6. The molecule has 2 aliphatic rings. The van der Waals surface area contributed by atoms with Gasteiger partial charge in [-0.05, 0) is 50.4 Å². The fourth-order valence-electron chi connectivity index (χ4n) is 3.41. The Bertz CT molecular complexity index is 572. The van der Waals surface area contributed by atoms with Crippen LogP contribution in [0.4, 0.5) is 4.79 Å². The topological polar surface area (TPSA) is 80.9 Å². The summed E-state index contributed by atoms with van der Waals surface area (Å²) in [5, 5.41) is 18.8. The van der Waals surface area contributed by atoms with Crippen molar-refractivity contribution >= 4 is 6.16 Å². The zero-order valence-corrected chi connectivity index (χ0v) is 12.6. The standard InChI is InChI=1S/C16H21NO5/c1-10-3-2-4-11-12(6-5-10)13(11)9-21-16(20)22-17-14(18)7-8-15(17)19/h3,7-8,11-13,18-19H,2,4-6,9H2,1H3. The Hall–Kier alpha value is -2.11. The predicted molar refractivity (Wildman–Crippen MR) is 78.4 cm³/mol. The van der Waals surface area contributed by atoms with Crippen molar-refractivity contribution in [3.63, 3.8) is 0 Å². The molecule has 1 heterocycles. The Balaban J connectivity index is 1.47. The van der Waals surface area contributed by atoms with Gasteiger partial charge in [0.2, 0.25) is 11.8 Å². The molecular formula is C16H21NO5. The van der Waals surface area contributed by atoms with Crippen molar-refractivity contribution in [2.75, 3.05) is 6.61 Å². The SMILES string of the molecule is CC1=CCCC2C(CC1)C2COC(=O)On1c(O)ccc1O. The molecule has 3 unspecified atom stereocenters. The highest BCUT2D eigenvalue weighted by Crippen LogP contribution is 2.53. The van der Waals surface area contributed by atoms with Crippen LogP contribution in [-0.4, -0.2) is 27.7 Å². The van der Waals surface area contributed by atoms with Gasteiger partial charge in [0.15, 0.2) is 0 Å². The number of hydrogen-bond acceptors (Lipinski definition) is 5. The number of aromatic nitrogens is 1. The number of rotatable bonds is 3. The summed E-state index contributed by atoms with van der Waals surface area (Å²) in [5.41, 5.74) is 1.45. The van der Waals surface area contributed by atoms with Gasteiger partial charge >= 0.3 is 6.16 Å². The second-order valence-corrected chi connectivity index (χ2v) is 6.15. The highest BCUT2D eigenvalue weighted by Gasteiger charge is 2.49. The molecule has 2 aliphatic carbocycles. The smallest absolute Gasteiger partial charge is 0.492 e. The summed E-state index contributed by atoms with van der Waals surface area (Å²) < 4.78 is 5.76. The Morgan fingerprint density at radius 1 is 1.27 bits per heavy atom. The van der Waals surface area contributed by atoms with Gasteiger partial charge in [0, 0.05) is 12.1 Å². The van der Waals surface area contributed by atoms with E-state index in [2.05, 4.69) is 13.0 Å². The van der Waals surface area contributed by atoms with Crippen LogP contribution in [0.15, 0.2) is 23.8 Å². The molecule has 0 radical (unpaired) electrons. The molecule has 6 heteroatoms. The molecule has 0 bridgehead atoms. The van der Waals surface area contributed by atoms with Crippen LogP contribution >= 0.6 is 0 Å². The van der Waals surface area contributed by atoms with Crippen LogP contribution in [0.1, 0.15) is 32.6 Å². The average Bonchev–Trinajstić information content (AvgIpc) is 3.03. The number of allylic oxidation sites excluding steroid dienone is 2. The minimum Gasteiger partial charge on any atom is -0.492 e. The highest BCUT2D eigenvalue weighted by atomic mass is 16.8. The van der Waals surface area contributed by atoms with Crippen molar-refractivity contribution in [3.05, 3.63) is 23.8 Å². The molecule has 0 aliphatic heterocycles. The summed E-state index contributed by atoms with van der Waals surface area (Å²) in [7, 11) is 0. The maximum atomic E-state index is 11.6. The Kier molecular flexibility index (Phi) is 4.00. The molecule has 0 aromatic carbocycles. The van der Waals surface area contributed by atoms with Gasteiger partial charge < -0.3 is 14.9 Å². The van der Waals surface area contributed by atoms with Crippen molar-refractivity contribution in [3.8, 4) is 11.8 Å². The Morgan fingerprint density at radius 3 is 2.68 bits per heavy atom. The molecule has 3 atom stereocenters. The van der Waals surface area contributed by atoms with E-state index < -0.39 is 6.16 Å². The van der Waals surface area contributed by atoms with E-state index in [0.29, 0.717) is 29.1 Å². The highest BCUT2D eigenvalue weighted by molar-refractivity contribution is 5.60. The monoisotopic (exact) mass is 307 g/mol. The number of carbonyl (C=O) groups is 1. The summed E-state index contributed by atoms with van der Waals surface area (Å²) in [6.07, 6.45) is 5.89. The van der Waals surface area contributed by atoms with Crippen LogP contribution in [0, 0.1) is 17.8 Å². The van der Waals surface area contributed by atoms with E-state index in [-0.39, 0.29) is 11.8 Å². The van der Waals surface area contributed by atoms with E-state index in [0.717, 1.165) is 25.7 Å². The first-order chi connectivity index (χ1) is 10.6. The summed E-state index contributed by atoms with van der Waals surface area (Å²) in [6, 6.07) is 2.45. The molecule has 0 spiro atoms. The molecule has 22 heavy (non-hydrogen) atoms. The fraction of sp³-hybridized carbons (Fsp3) is 0.562. The number of hydrogen-bond donors (Lipinski definition) is 2. The second-order valence-electron chi connectivity index (χ2n) is 6.15. The quantitative estimate of drug-likeness (QED) is 0.663. The largest absolute Gasteiger partial charge is 0.533 e. The van der Waals surface area contributed by atoms with Gasteiger partial charge in [0.25, 0.3) is 0 Å². The first kappa shape index (κ1) is 14.8. The van der Waals surface area contributed by atoms with Crippen molar-refractivity contribution in [2.24, 2.45) is 17.8 Å². The molecule has 0 saturated heterocycles. The van der Waals surface area contributed by atoms with Gasteiger partial charge in [0.1, 0.15) is 0 Å².